The van der Waals surface area contributed by atoms with Crippen molar-refractivity contribution in [3.8, 4) is 0 Å². The molecule has 0 spiro atoms. The molecule has 1 atom stereocenters. The highest BCUT2D eigenvalue weighted by molar-refractivity contribution is 7.90. The number of carbonyl (C=O) groups is 2. The van der Waals surface area contributed by atoms with E-state index in [0.717, 1.165) is 17.4 Å². The normalized spacial score (nSPS) is 12.1. The minimum atomic E-state index is -3.38. The largest absolute Gasteiger partial charge is 0.444 e. The van der Waals surface area contributed by atoms with Crippen LogP contribution in [0.1, 0.15) is 33.2 Å². The quantitative estimate of drug-likeness (QED) is 0.583. The van der Waals surface area contributed by atoms with Gasteiger partial charge in [-0.1, -0.05) is 42.5 Å². The third-order valence-corrected chi connectivity index (χ3v) is 5.86. The lowest BCUT2D eigenvalue weighted by Gasteiger charge is -2.19. The SMILES string of the molecule is Cc1ccc(C)c(NC(=O)[C@@H](OC(=O)c2ccc(S(C)(=O)=O)cc2)c2ccccc2)c1. The van der Waals surface area contributed by atoms with E-state index in [-0.39, 0.29) is 10.5 Å². The van der Waals surface area contributed by atoms with Crippen LogP contribution in [0, 0.1) is 13.8 Å². The zero-order valence-electron chi connectivity index (χ0n) is 17.5. The Hall–Kier alpha value is -3.45. The van der Waals surface area contributed by atoms with Gasteiger partial charge >= 0.3 is 5.97 Å². The van der Waals surface area contributed by atoms with Crippen LogP contribution in [0.3, 0.4) is 0 Å². The predicted octanol–water partition coefficient (Wildman–Crippen LogP) is 4.24. The molecule has 0 saturated carbocycles. The van der Waals surface area contributed by atoms with Gasteiger partial charge in [-0.15, -0.1) is 0 Å². The number of nitrogens with one attached hydrogen (secondary N) is 1. The molecule has 3 rings (SSSR count). The summed E-state index contributed by atoms with van der Waals surface area (Å²) in [5.41, 5.74) is 3.17. The van der Waals surface area contributed by atoms with E-state index in [1.54, 1.807) is 30.3 Å². The molecule has 0 heterocycles. The van der Waals surface area contributed by atoms with Gasteiger partial charge in [-0.2, -0.15) is 0 Å². The fraction of sp³-hybridized carbons (Fsp3) is 0.167. The molecule has 0 aromatic heterocycles. The highest BCUT2D eigenvalue weighted by atomic mass is 32.2. The molecule has 1 N–H and O–H groups in total. The smallest absolute Gasteiger partial charge is 0.339 e. The fourth-order valence-electron chi connectivity index (χ4n) is 2.98. The van der Waals surface area contributed by atoms with Crippen LogP contribution in [0.15, 0.2) is 77.7 Å². The summed E-state index contributed by atoms with van der Waals surface area (Å²) in [4.78, 5) is 25.9. The lowest BCUT2D eigenvalue weighted by atomic mass is 10.1. The van der Waals surface area contributed by atoms with Crippen molar-refractivity contribution in [2.45, 2.75) is 24.8 Å². The summed E-state index contributed by atoms with van der Waals surface area (Å²) >= 11 is 0. The summed E-state index contributed by atoms with van der Waals surface area (Å²) in [5, 5.41) is 2.84. The van der Waals surface area contributed by atoms with Crippen LogP contribution in [0.4, 0.5) is 5.69 Å². The first kappa shape index (κ1) is 22.2. The number of rotatable bonds is 6. The van der Waals surface area contributed by atoms with E-state index < -0.39 is 27.8 Å². The first-order valence-electron chi connectivity index (χ1n) is 9.59. The number of carbonyl (C=O) groups excluding carboxylic acids is 2. The Morgan fingerprint density at radius 1 is 0.903 bits per heavy atom. The van der Waals surface area contributed by atoms with Gasteiger partial charge in [-0.25, -0.2) is 13.2 Å². The lowest BCUT2D eigenvalue weighted by molar-refractivity contribution is -0.125. The molecule has 0 saturated heterocycles. The minimum absolute atomic E-state index is 0.0938. The summed E-state index contributed by atoms with van der Waals surface area (Å²) in [6.07, 6.45) is -0.0909. The topological polar surface area (TPSA) is 89.5 Å². The average Bonchev–Trinajstić information content (AvgIpc) is 2.74. The van der Waals surface area contributed by atoms with Gasteiger partial charge in [0.25, 0.3) is 5.91 Å². The van der Waals surface area contributed by atoms with Crippen molar-refractivity contribution in [1.29, 1.82) is 0 Å². The second kappa shape index (κ2) is 9.14. The highest BCUT2D eigenvalue weighted by Gasteiger charge is 2.26. The number of hydrogen-bond donors (Lipinski definition) is 1. The Kier molecular flexibility index (Phi) is 6.56. The van der Waals surface area contributed by atoms with Gasteiger partial charge in [0, 0.05) is 17.5 Å². The van der Waals surface area contributed by atoms with Crippen LogP contribution < -0.4 is 5.32 Å². The molecule has 160 valence electrons. The number of hydrogen-bond acceptors (Lipinski definition) is 5. The van der Waals surface area contributed by atoms with E-state index in [1.807, 2.05) is 32.0 Å². The number of benzene rings is 3. The van der Waals surface area contributed by atoms with Crippen LogP contribution in [-0.2, 0) is 19.4 Å². The van der Waals surface area contributed by atoms with Gasteiger partial charge < -0.3 is 10.1 Å². The van der Waals surface area contributed by atoms with Crippen molar-refractivity contribution >= 4 is 27.4 Å². The maximum Gasteiger partial charge on any atom is 0.339 e. The van der Waals surface area contributed by atoms with E-state index in [4.69, 9.17) is 4.74 Å². The predicted molar refractivity (Wildman–Crippen MR) is 119 cm³/mol. The number of esters is 1. The second-order valence-corrected chi connectivity index (χ2v) is 9.32. The van der Waals surface area contributed by atoms with Crippen molar-refractivity contribution in [1.82, 2.24) is 0 Å². The molecular weight excluding hydrogens is 414 g/mol. The Morgan fingerprint density at radius 2 is 1.55 bits per heavy atom. The Bertz CT molecular complexity index is 1200. The van der Waals surface area contributed by atoms with Gasteiger partial charge in [0.05, 0.1) is 10.5 Å². The third-order valence-electron chi connectivity index (χ3n) is 4.73. The van der Waals surface area contributed by atoms with Crippen LogP contribution in [-0.4, -0.2) is 26.6 Å². The zero-order valence-corrected chi connectivity index (χ0v) is 18.3. The number of amides is 1. The molecule has 0 bridgehead atoms. The molecule has 3 aromatic carbocycles. The van der Waals surface area contributed by atoms with E-state index in [1.165, 1.54) is 24.3 Å². The van der Waals surface area contributed by atoms with Crippen LogP contribution in [0.5, 0.6) is 0 Å². The van der Waals surface area contributed by atoms with Crippen molar-refractivity contribution in [3.63, 3.8) is 0 Å². The first-order valence-corrected chi connectivity index (χ1v) is 11.5. The molecule has 0 aliphatic rings. The number of anilines is 1. The summed E-state index contributed by atoms with van der Waals surface area (Å²) < 4.78 is 28.8. The number of sulfone groups is 1. The maximum absolute atomic E-state index is 13.1. The summed E-state index contributed by atoms with van der Waals surface area (Å²) in [7, 11) is -3.38. The van der Waals surface area contributed by atoms with Crippen molar-refractivity contribution in [2.75, 3.05) is 11.6 Å². The van der Waals surface area contributed by atoms with E-state index in [2.05, 4.69) is 5.32 Å². The van der Waals surface area contributed by atoms with Crippen LogP contribution in [0.25, 0.3) is 0 Å². The third kappa shape index (κ3) is 5.58. The van der Waals surface area contributed by atoms with Gasteiger partial charge in [0.15, 0.2) is 9.84 Å². The Labute approximate surface area is 181 Å². The van der Waals surface area contributed by atoms with Crippen LogP contribution in [0.2, 0.25) is 0 Å². The van der Waals surface area contributed by atoms with Gasteiger partial charge in [0.1, 0.15) is 0 Å². The van der Waals surface area contributed by atoms with E-state index in [0.29, 0.717) is 11.3 Å². The van der Waals surface area contributed by atoms with Crippen molar-refractivity contribution < 1.29 is 22.7 Å². The summed E-state index contributed by atoms with van der Waals surface area (Å²) in [6.45, 7) is 3.80. The molecule has 6 nitrogen and oxygen atoms in total. The minimum Gasteiger partial charge on any atom is -0.444 e. The molecule has 3 aromatic rings. The Morgan fingerprint density at radius 3 is 2.16 bits per heavy atom. The molecule has 0 fully saturated rings. The van der Waals surface area contributed by atoms with E-state index >= 15 is 0 Å². The Balaban J connectivity index is 1.86. The molecule has 0 aliphatic carbocycles. The van der Waals surface area contributed by atoms with Gasteiger partial charge in [0.2, 0.25) is 6.10 Å². The maximum atomic E-state index is 13.1. The lowest BCUT2D eigenvalue weighted by Crippen LogP contribution is -2.26. The molecule has 7 heteroatoms. The van der Waals surface area contributed by atoms with Gasteiger partial charge in [-0.3, -0.25) is 4.79 Å². The van der Waals surface area contributed by atoms with Gasteiger partial charge in [-0.05, 0) is 55.3 Å². The van der Waals surface area contributed by atoms with E-state index in [9.17, 15) is 18.0 Å². The summed E-state index contributed by atoms with van der Waals surface area (Å²) in [6, 6.07) is 19.8. The molecule has 1 amide bonds. The number of aryl methyl sites for hydroxylation is 2. The first-order chi connectivity index (χ1) is 14.6. The molecule has 0 radical (unpaired) electrons. The molecule has 0 aliphatic heterocycles. The monoisotopic (exact) mass is 437 g/mol. The second-order valence-electron chi connectivity index (χ2n) is 7.30. The molecule has 31 heavy (non-hydrogen) atoms. The fourth-order valence-corrected chi connectivity index (χ4v) is 3.61. The van der Waals surface area contributed by atoms with Crippen LogP contribution >= 0.6 is 0 Å². The zero-order chi connectivity index (χ0) is 22.6. The highest BCUT2D eigenvalue weighted by Crippen LogP contribution is 2.24. The average molecular weight is 438 g/mol. The molecule has 0 unspecified atom stereocenters. The standard InChI is InChI=1S/C24H23NO5S/c1-16-9-10-17(2)21(15-16)25-23(26)22(18-7-5-4-6-8-18)30-24(27)19-11-13-20(14-12-19)31(3,28)29/h4-15,22H,1-3H3,(H,25,26)/t22-/m0/s1. The van der Waals surface area contributed by atoms with Crippen molar-refractivity contribution in [2.24, 2.45) is 0 Å². The molecular formula is C24H23NO5S. The summed E-state index contributed by atoms with van der Waals surface area (Å²) in [5.74, 6) is -1.22. The van der Waals surface area contributed by atoms with Crippen molar-refractivity contribution in [3.05, 3.63) is 95.1 Å². The number of ether oxygens (including phenoxy) is 1.